The van der Waals surface area contributed by atoms with Gasteiger partial charge in [0.15, 0.2) is 0 Å². The Kier molecular flexibility index (Phi) is 6.97. The highest BCUT2D eigenvalue weighted by molar-refractivity contribution is 6.30. The molecule has 0 amide bonds. The number of rotatable bonds is 7. The van der Waals surface area contributed by atoms with E-state index < -0.39 is 6.10 Å². The summed E-state index contributed by atoms with van der Waals surface area (Å²) < 4.78 is 5.57. The highest BCUT2D eigenvalue weighted by atomic mass is 35.5. The Labute approximate surface area is 132 Å². The third-order valence-electron chi connectivity index (χ3n) is 4.29. The van der Waals surface area contributed by atoms with E-state index in [1.54, 1.807) is 0 Å². The van der Waals surface area contributed by atoms with Gasteiger partial charge in [-0.25, -0.2) is 0 Å². The first-order valence-electron chi connectivity index (χ1n) is 7.97. The van der Waals surface area contributed by atoms with E-state index in [1.807, 2.05) is 24.3 Å². The van der Waals surface area contributed by atoms with Crippen molar-refractivity contribution in [1.29, 1.82) is 0 Å². The Balaban J connectivity index is 1.57. The Bertz CT molecular complexity index is 402. The van der Waals surface area contributed by atoms with Crippen LogP contribution in [0.1, 0.15) is 38.2 Å². The summed E-state index contributed by atoms with van der Waals surface area (Å²) in [4.78, 5) is 0. The van der Waals surface area contributed by atoms with Gasteiger partial charge in [0.1, 0.15) is 12.6 Å². The molecule has 0 bridgehead atoms. The maximum absolute atomic E-state index is 9.98. The molecule has 21 heavy (non-hydrogen) atoms. The molecule has 0 spiro atoms. The van der Waals surface area contributed by atoms with Gasteiger partial charge in [-0.3, -0.25) is 0 Å². The summed E-state index contributed by atoms with van der Waals surface area (Å²) in [5.41, 5.74) is 1.08. The van der Waals surface area contributed by atoms with E-state index in [0.717, 1.165) is 23.0 Å². The van der Waals surface area contributed by atoms with E-state index >= 15 is 0 Å². The minimum absolute atomic E-state index is 0.391. The SMILES string of the molecule is CC1CCC([NH2+]C[C@H](O)COCc2ccc(Cl)cc2)CC1. The zero-order chi connectivity index (χ0) is 15.1. The van der Waals surface area contributed by atoms with E-state index in [9.17, 15) is 5.11 Å². The normalized spacial score (nSPS) is 24.0. The van der Waals surface area contributed by atoms with Gasteiger partial charge in [-0.2, -0.15) is 0 Å². The molecular formula is C17H27ClNO2+. The molecule has 3 N–H and O–H groups in total. The second kappa shape index (κ2) is 8.74. The molecule has 0 heterocycles. The van der Waals surface area contributed by atoms with Gasteiger partial charge in [-0.1, -0.05) is 30.7 Å². The number of ether oxygens (including phenoxy) is 1. The van der Waals surface area contributed by atoms with Crippen molar-refractivity contribution in [3.63, 3.8) is 0 Å². The van der Waals surface area contributed by atoms with E-state index in [2.05, 4.69) is 12.2 Å². The highest BCUT2D eigenvalue weighted by Gasteiger charge is 2.21. The molecule has 1 fully saturated rings. The lowest BCUT2D eigenvalue weighted by Gasteiger charge is -2.25. The number of hydrogen-bond acceptors (Lipinski definition) is 2. The van der Waals surface area contributed by atoms with Gasteiger partial charge in [0.05, 0.1) is 19.3 Å². The van der Waals surface area contributed by atoms with E-state index in [0.29, 0.717) is 19.3 Å². The lowest BCUT2D eigenvalue weighted by molar-refractivity contribution is -0.697. The summed E-state index contributed by atoms with van der Waals surface area (Å²) in [5.74, 6) is 0.877. The van der Waals surface area contributed by atoms with Crippen LogP contribution in [0.2, 0.25) is 5.02 Å². The van der Waals surface area contributed by atoms with Crippen LogP contribution in [-0.4, -0.2) is 30.4 Å². The van der Waals surface area contributed by atoms with Crippen LogP contribution in [-0.2, 0) is 11.3 Å². The number of aliphatic hydroxyl groups excluding tert-OH is 1. The zero-order valence-corrected chi connectivity index (χ0v) is 13.6. The molecule has 2 rings (SSSR count). The molecule has 1 saturated carbocycles. The van der Waals surface area contributed by atoms with Crippen molar-refractivity contribution in [2.45, 2.75) is 51.4 Å². The van der Waals surface area contributed by atoms with Crippen molar-refractivity contribution in [2.24, 2.45) is 5.92 Å². The fourth-order valence-corrected chi connectivity index (χ4v) is 2.96. The summed E-state index contributed by atoms with van der Waals surface area (Å²) in [6.45, 7) is 3.98. The Morgan fingerprint density at radius 1 is 1.24 bits per heavy atom. The van der Waals surface area contributed by atoms with Crippen molar-refractivity contribution in [3.8, 4) is 0 Å². The number of hydrogen-bond donors (Lipinski definition) is 2. The van der Waals surface area contributed by atoms with Crippen LogP contribution in [0.5, 0.6) is 0 Å². The van der Waals surface area contributed by atoms with Gasteiger partial charge in [-0.15, -0.1) is 0 Å². The molecule has 3 nitrogen and oxygen atoms in total. The summed E-state index contributed by atoms with van der Waals surface area (Å²) in [5, 5.41) is 13.0. The van der Waals surface area contributed by atoms with E-state index in [4.69, 9.17) is 16.3 Å². The van der Waals surface area contributed by atoms with Crippen LogP contribution in [0, 0.1) is 5.92 Å². The second-order valence-electron chi connectivity index (χ2n) is 6.29. The first kappa shape index (κ1) is 16.8. The van der Waals surface area contributed by atoms with Gasteiger partial charge in [-0.05, 0) is 49.3 Å². The number of benzene rings is 1. The number of halogens is 1. The zero-order valence-electron chi connectivity index (χ0n) is 12.8. The summed E-state index contributed by atoms with van der Waals surface area (Å²) in [7, 11) is 0. The fraction of sp³-hybridized carbons (Fsp3) is 0.647. The van der Waals surface area contributed by atoms with Crippen molar-refractivity contribution in [2.75, 3.05) is 13.2 Å². The monoisotopic (exact) mass is 312 g/mol. The van der Waals surface area contributed by atoms with E-state index in [-0.39, 0.29) is 0 Å². The van der Waals surface area contributed by atoms with Gasteiger partial charge in [0.2, 0.25) is 0 Å². The van der Waals surface area contributed by atoms with Crippen LogP contribution in [0.4, 0.5) is 0 Å². The minimum atomic E-state index is -0.392. The molecule has 0 aliphatic heterocycles. The molecular weight excluding hydrogens is 286 g/mol. The molecule has 0 radical (unpaired) electrons. The molecule has 4 heteroatoms. The maximum Gasteiger partial charge on any atom is 0.126 e. The van der Waals surface area contributed by atoms with Gasteiger partial charge in [0.25, 0.3) is 0 Å². The topological polar surface area (TPSA) is 46.1 Å². The second-order valence-corrected chi connectivity index (χ2v) is 6.72. The lowest BCUT2D eigenvalue weighted by atomic mass is 9.87. The van der Waals surface area contributed by atoms with Crippen LogP contribution in [0.25, 0.3) is 0 Å². The molecule has 1 aromatic carbocycles. The molecule has 1 aromatic rings. The number of aliphatic hydroxyl groups is 1. The summed E-state index contributed by atoms with van der Waals surface area (Å²) >= 11 is 5.84. The van der Waals surface area contributed by atoms with Gasteiger partial charge >= 0.3 is 0 Å². The van der Waals surface area contributed by atoms with Crippen molar-refractivity contribution in [1.82, 2.24) is 0 Å². The van der Waals surface area contributed by atoms with E-state index in [1.165, 1.54) is 25.7 Å². The fourth-order valence-electron chi connectivity index (χ4n) is 2.83. The molecule has 1 aliphatic carbocycles. The maximum atomic E-state index is 9.98. The standard InChI is InChI=1S/C17H26ClNO2/c1-13-2-8-16(9-3-13)19-10-17(20)12-21-11-14-4-6-15(18)7-5-14/h4-7,13,16-17,19-20H,2-3,8-12H2,1H3/p+1/t13?,16?,17-/m0/s1. The first-order valence-corrected chi connectivity index (χ1v) is 8.35. The molecule has 1 atom stereocenters. The number of nitrogens with two attached hydrogens (primary N) is 1. The smallest absolute Gasteiger partial charge is 0.126 e. The average molecular weight is 313 g/mol. The predicted molar refractivity (Wildman–Crippen MR) is 85.3 cm³/mol. The Hall–Kier alpha value is -0.610. The largest absolute Gasteiger partial charge is 0.385 e. The number of quaternary nitrogens is 1. The highest BCUT2D eigenvalue weighted by Crippen LogP contribution is 2.21. The van der Waals surface area contributed by atoms with Gasteiger partial charge < -0.3 is 15.2 Å². The Morgan fingerprint density at radius 2 is 1.90 bits per heavy atom. The lowest BCUT2D eigenvalue weighted by Crippen LogP contribution is -2.92. The van der Waals surface area contributed by atoms with Crippen molar-refractivity contribution >= 4 is 11.6 Å². The molecule has 0 unspecified atom stereocenters. The average Bonchev–Trinajstić information content (AvgIpc) is 2.49. The van der Waals surface area contributed by atoms with Crippen LogP contribution >= 0.6 is 11.6 Å². The molecule has 1 aliphatic rings. The summed E-state index contributed by atoms with van der Waals surface area (Å²) in [6, 6.07) is 8.30. The van der Waals surface area contributed by atoms with Crippen molar-refractivity contribution < 1.29 is 15.2 Å². The molecule has 118 valence electrons. The van der Waals surface area contributed by atoms with Crippen LogP contribution in [0.15, 0.2) is 24.3 Å². The quantitative estimate of drug-likeness (QED) is 0.812. The van der Waals surface area contributed by atoms with Crippen LogP contribution in [0.3, 0.4) is 0 Å². The van der Waals surface area contributed by atoms with Crippen molar-refractivity contribution in [3.05, 3.63) is 34.9 Å². The van der Waals surface area contributed by atoms with Crippen LogP contribution < -0.4 is 5.32 Å². The first-order chi connectivity index (χ1) is 10.1. The third-order valence-corrected chi connectivity index (χ3v) is 4.55. The third kappa shape index (κ3) is 6.35. The predicted octanol–water partition coefficient (Wildman–Crippen LogP) is 2.36. The Morgan fingerprint density at radius 3 is 2.57 bits per heavy atom. The minimum Gasteiger partial charge on any atom is -0.385 e. The molecule has 0 saturated heterocycles. The molecule has 0 aromatic heterocycles. The summed E-state index contributed by atoms with van der Waals surface area (Å²) in [6.07, 6.45) is 4.81. The van der Waals surface area contributed by atoms with Gasteiger partial charge in [0, 0.05) is 5.02 Å².